The van der Waals surface area contributed by atoms with Crippen molar-refractivity contribution in [2.75, 3.05) is 20.1 Å². The van der Waals surface area contributed by atoms with E-state index in [-0.39, 0.29) is 0 Å². The highest BCUT2D eigenvalue weighted by Gasteiger charge is 2.24. The van der Waals surface area contributed by atoms with E-state index in [9.17, 15) is 0 Å². The van der Waals surface area contributed by atoms with Gasteiger partial charge in [-0.25, -0.2) is 4.98 Å². The summed E-state index contributed by atoms with van der Waals surface area (Å²) in [5, 5.41) is 7.98. The third-order valence-electron chi connectivity index (χ3n) is 4.81. The number of likely N-dealkylation sites (tertiary alicyclic amines) is 1. The minimum absolute atomic E-state index is 0.556. The van der Waals surface area contributed by atoms with Crippen LogP contribution in [-0.4, -0.2) is 42.0 Å². The average Bonchev–Trinajstić information content (AvgIpc) is 3.32. The maximum atomic E-state index is 4.45. The quantitative estimate of drug-likeness (QED) is 0.580. The van der Waals surface area contributed by atoms with Crippen molar-refractivity contribution in [1.29, 1.82) is 0 Å². The van der Waals surface area contributed by atoms with Gasteiger partial charge < -0.3 is 10.6 Å². The van der Waals surface area contributed by atoms with Gasteiger partial charge in [0.05, 0.1) is 6.54 Å². The third-order valence-corrected chi connectivity index (χ3v) is 5.95. The van der Waals surface area contributed by atoms with E-state index in [0.29, 0.717) is 6.04 Å². The number of nitrogens with one attached hydrogen (secondary N) is 2. The smallest absolute Gasteiger partial charge is 0.191 e. The monoisotopic (exact) mass is 371 g/mol. The number of guanidine groups is 1. The maximum absolute atomic E-state index is 4.45. The highest BCUT2D eigenvalue weighted by molar-refractivity contribution is 7.11. The van der Waals surface area contributed by atoms with E-state index < -0.39 is 0 Å². The lowest BCUT2D eigenvalue weighted by Gasteiger charge is -2.25. The van der Waals surface area contributed by atoms with Gasteiger partial charge in [-0.1, -0.05) is 37.3 Å². The first-order chi connectivity index (χ1) is 12.8. The van der Waals surface area contributed by atoms with Gasteiger partial charge in [-0.15, -0.1) is 11.3 Å². The summed E-state index contributed by atoms with van der Waals surface area (Å²) in [7, 11) is 1.82. The van der Waals surface area contributed by atoms with E-state index in [1.807, 2.05) is 13.2 Å². The average molecular weight is 372 g/mol. The predicted octanol–water partition coefficient (Wildman–Crippen LogP) is 3.04. The Morgan fingerprint density at radius 2 is 2.15 bits per heavy atom. The summed E-state index contributed by atoms with van der Waals surface area (Å²) in [4.78, 5) is 12.7. The van der Waals surface area contributed by atoms with Crippen LogP contribution in [0.4, 0.5) is 0 Å². The minimum atomic E-state index is 0.556. The zero-order chi connectivity index (χ0) is 18.2. The molecule has 0 radical (unpaired) electrons. The first-order valence-electron chi connectivity index (χ1n) is 9.44. The molecule has 1 aliphatic heterocycles. The van der Waals surface area contributed by atoms with Crippen molar-refractivity contribution in [3.63, 3.8) is 0 Å². The van der Waals surface area contributed by atoms with Crippen molar-refractivity contribution >= 4 is 17.3 Å². The molecule has 3 rings (SSSR count). The Kier molecular flexibility index (Phi) is 7.03. The van der Waals surface area contributed by atoms with Gasteiger partial charge in [0.15, 0.2) is 5.96 Å². The summed E-state index contributed by atoms with van der Waals surface area (Å²) in [6.07, 6.45) is 5.52. The summed E-state index contributed by atoms with van der Waals surface area (Å²) < 4.78 is 0. The van der Waals surface area contributed by atoms with Crippen molar-refractivity contribution in [1.82, 2.24) is 20.5 Å². The molecule has 1 atom stereocenters. The summed E-state index contributed by atoms with van der Waals surface area (Å²) in [6, 6.07) is 11.3. The van der Waals surface area contributed by atoms with Crippen LogP contribution >= 0.6 is 11.3 Å². The first kappa shape index (κ1) is 18.9. The topological polar surface area (TPSA) is 52.6 Å². The van der Waals surface area contributed by atoms with Gasteiger partial charge in [0.2, 0.25) is 0 Å². The maximum Gasteiger partial charge on any atom is 0.191 e. The van der Waals surface area contributed by atoms with Gasteiger partial charge in [0, 0.05) is 37.3 Å². The van der Waals surface area contributed by atoms with Crippen LogP contribution in [-0.2, 0) is 19.5 Å². The summed E-state index contributed by atoms with van der Waals surface area (Å²) in [5.74, 6) is 0.852. The van der Waals surface area contributed by atoms with Crippen molar-refractivity contribution in [2.45, 2.75) is 45.3 Å². The Labute approximate surface area is 160 Å². The molecule has 0 spiro atoms. The number of hydrogen-bond donors (Lipinski definition) is 2. The second-order valence-corrected chi connectivity index (χ2v) is 7.83. The molecule has 1 saturated heterocycles. The molecular weight excluding hydrogens is 342 g/mol. The van der Waals surface area contributed by atoms with Gasteiger partial charge >= 0.3 is 0 Å². The third kappa shape index (κ3) is 5.29. The molecule has 1 aromatic heterocycles. The first-order valence-corrected chi connectivity index (χ1v) is 10.3. The molecule has 1 unspecified atom stereocenters. The number of aliphatic imine (C=N–C) groups is 1. The largest absolute Gasteiger partial charge is 0.355 e. The molecule has 140 valence electrons. The number of benzene rings is 1. The number of thiazole rings is 1. The summed E-state index contributed by atoms with van der Waals surface area (Å²) in [5.41, 5.74) is 1.39. The Morgan fingerprint density at radius 3 is 2.88 bits per heavy atom. The molecule has 0 aliphatic carbocycles. The number of nitrogens with zero attached hydrogens (tertiary/aromatic N) is 3. The Balaban J connectivity index is 1.46. The number of hydrogen-bond acceptors (Lipinski definition) is 4. The SMILES string of the molecule is CCc1cnc(CNC(=NC)NCC2CCCN2Cc2ccccc2)s1. The molecule has 26 heavy (non-hydrogen) atoms. The zero-order valence-electron chi connectivity index (χ0n) is 15.7. The number of aryl methyl sites for hydroxylation is 1. The highest BCUT2D eigenvalue weighted by atomic mass is 32.1. The standard InChI is InChI=1S/C20H29N5S/c1-3-18-13-22-19(26-18)14-24-20(21-2)23-12-17-10-7-11-25(17)15-16-8-5-4-6-9-16/h4-6,8-9,13,17H,3,7,10-12,14-15H2,1-2H3,(H2,21,23,24). The molecule has 2 aromatic rings. The van der Waals surface area contributed by atoms with E-state index in [4.69, 9.17) is 0 Å². The van der Waals surface area contributed by atoms with Crippen LogP contribution < -0.4 is 10.6 Å². The Hall–Kier alpha value is -1.92. The molecule has 2 heterocycles. The predicted molar refractivity (Wildman–Crippen MR) is 110 cm³/mol. The fraction of sp³-hybridized carbons (Fsp3) is 0.500. The van der Waals surface area contributed by atoms with Crippen LogP contribution in [0.25, 0.3) is 0 Å². The molecule has 0 saturated carbocycles. The molecule has 6 heteroatoms. The van der Waals surface area contributed by atoms with E-state index in [0.717, 1.165) is 37.0 Å². The van der Waals surface area contributed by atoms with Crippen LogP contribution in [0.3, 0.4) is 0 Å². The van der Waals surface area contributed by atoms with Crippen LogP contribution in [0.1, 0.15) is 35.2 Å². The number of rotatable bonds is 7. The molecule has 0 amide bonds. The zero-order valence-corrected chi connectivity index (χ0v) is 16.6. The van der Waals surface area contributed by atoms with Crippen LogP contribution in [0, 0.1) is 0 Å². The van der Waals surface area contributed by atoms with Crippen molar-refractivity contribution in [2.24, 2.45) is 4.99 Å². The fourth-order valence-electron chi connectivity index (χ4n) is 3.34. The molecular formula is C20H29N5S. The van der Waals surface area contributed by atoms with E-state index in [1.165, 1.54) is 29.8 Å². The van der Waals surface area contributed by atoms with Crippen molar-refractivity contribution in [3.8, 4) is 0 Å². The Bertz CT molecular complexity index is 697. The van der Waals surface area contributed by atoms with Gasteiger partial charge in [0.25, 0.3) is 0 Å². The van der Waals surface area contributed by atoms with Gasteiger partial charge in [-0.3, -0.25) is 9.89 Å². The van der Waals surface area contributed by atoms with E-state index in [2.05, 4.69) is 62.8 Å². The Morgan fingerprint density at radius 1 is 1.31 bits per heavy atom. The second-order valence-electron chi connectivity index (χ2n) is 6.63. The van der Waals surface area contributed by atoms with Crippen LogP contribution in [0.2, 0.25) is 0 Å². The summed E-state index contributed by atoms with van der Waals surface area (Å²) in [6.45, 7) is 6.01. The molecule has 1 aliphatic rings. The van der Waals surface area contributed by atoms with Gasteiger partial charge in [-0.05, 0) is 31.4 Å². The lowest BCUT2D eigenvalue weighted by Crippen LogP contribution is -2.44. The highest BCUT2D eigenvalue weighted by Crippen LogP contribution is 2.19. The fourth-order valence-corrected chi connectivity index (χ4v) is 4.14. The van der Waals surface area contributed by atoms with Crippen LogP contribution in [0.15, 0.2) is 41.5 Å². The second kappa shape index (κ2) is 9.69. The van der Waals surface area contributed by atoms with E-state index in [1.54, 1.807) is 11.3 Å². The van der Waals surface area contributed by atoms with Gasteiger partial charge in [0.1, 0.15) is 5.01 Å². The normalized spacial score (nSPS) is 18.2. The molecule has 1 fully saturated rings. The van der Waals surface area contributed by atoms with E-state index >= 15 is 0 Å². The minimum Gasteiger partial charge on any atom is -0.355 e. The molecule has 2 N–H and O–H groups in total. The van der Waals surface area contributed by atoms with Crippen molar-refractivity contribution < 1.29 is 0 Å². The lowest BCUT2D eigenvalue weighted by molar-refractivity contribution is 0.245. The van der Waals surface area contributed by atoms with Crippen molar-refractivity contribution in [3.05, 3.63) is 52.0 Å². The lowest BCUT2D eigenvalue weighted by atomic mass is 10.2. The molecule has 0 bridgehead atoms. The summed E-state index contributed by atoms with van der Waals surface area (Å²) >= 11 is 1.77. The molecule has 1 aromatic carbocycles. The molecule has 5 nitrogen and oxygen atoms in total. The van der Waals surface area contributed by atoms with Crippen LogP contribution in [0.5, 0.6) is 0 Å². The number of aromatic nitrogens is 1. The van der Waals surface area contributed by atoms with Gasteiger partial charge in [-0.2, -0.15) is 0 Å².